The summed E-state index contributed by atoms with van der Waals surface area (Å²) < 4.78 is 17.2. The summed E-state index contributed by atoms with van der Waals surface area (Å²) >= 11 is 0. The predicted molar refractivity (Wildman–Crippen MR) is 138 cm³/mol. The van der Waals surface area contributed by atoms with E-state index < -0.39 is 0 Å². The molecule has 3 heterocycles. The molecule has 6 rings (SSSR count). The lowest BCUT2D eigenvalue weighted by atomic mass is 9.92. The molecule has 1 amide bonds. The second kappa shape index (κ2) is 8.64. The first-order chi connectivity index (χ1) is 17.6. The van der Waals surface area contributed by atoms with E-state index >= 15 is 0 Å². The van der Waals surface area contributed by atoms with Gasteiger partial charge in [0.15, 0.2) is 0 Å². The largest absolute Gasteiger partial charge is 0.497 e. The third-order valence-corrected chi connectivity index (χ3v) is 6.88. The van der Waals surface area contributed by atoms with E-state index in [9.17, 15) is 4.79 Å². The van der Waals surface area contributed by atoms with Gasteiger partial charge in [-0.05, 0) is 55.0 Å². The van der Waals surface area contributed by atoms with Gasteiger partial charge in [0.1, 0.15) is 23.0 Å². The molecular weight excluding hydrogens is 452 g/mol. The summed E-state index contributed by atoms with van der Waals surface area (Å²) in [6.07, 6.45) is 0. The quantitative estimate of drug-likeness (QED) is 0.303. The highest BCUT2D eigenvalue weighted by atomic mass is 16.5. The summed E-state index contributed by atoms with van der Waals surface area (Å²) in [6, 6.07) is 25.3. The van der Waals surface area contributed by atoms with Crippen LogP contribution in [0.15, 0.2) is 83.3 Å². The minimum atomic E-state index is -0.318. The molecule has 2 aromatic heterocycles. The van der Waals surface area contributed by atoms with Crippen LogP contribution >= 0.6 is 0 Å². The van der Waals surface area contributed by atoms with Gasteiger partial charge in [-0.25, -0.2) is 0 Å². The number of fused-ring (bicyclic) bond motifs is 2. The molecule has 36 heavy (non-hydrogen) atoms. The molecule has 1 aliphatic rings. The first kappa shape index (κ1) is 22.0. The number of aromatic nitrogens is 1. The zero-order valence-electron chi connectivity index (χ0n) is 20.4. The molecule has 0 bridgehead atoms. The van der Waals surface area contributed by atoms with E-state index in [-0.39, 0.29) is 11.9 Å². The highest BCUT2D eigenvalue weighted by Crippen LogP contribution is 2.48. The van der Waals surface area contributed by atoms with Gasteiger partial charge in [-0.15, -0.1) is 0 Å². The lowest BCUT2D eigenvalue weighted by Gasteiger charge is -2.26. The van der Waals surface area contributed by atoms with E-state index in [1.54, 1.807) is 14.2 Å². The highest BCUT2D eigenvalue weighted by Gasteiger charge is 2.40. The number of carbonyl (C=O) groups excluding carboxylic acids is 1. The topological polar surface area (TPSA) is 67.7 Å². The molecule has 0 saturated carbocycles. The van der Waals surface area contributed by atoms with Crippen molar-refractivity contribution in [2.45, 2.75) is 19.5 Å². The van der Waals surface area contributed by atoms with Gasteiger partial charge >= 0.3 is 0 Å². The number of aryl methyl sites for hydroxylation is 1. The van der Waals surface area contributed by atoms with Crippen LogP contribution in [0.1, 0.15) is 39.0 Å². The second-order valence-electron chi connectivity index (χ2n) is 8.96. The average molecular weight is 479 g/mol. The van der Waals surface area contributed by atoms with Gasteiger partial charge in [-0.2, -0.15) is 0 Å². The van der Waals surface area contributed by atoms with Gasteiger partial charge < -0.3 is 23.8 Å². The van der Waals surface area contributed by atoms with Crippen LogP contribution in [-0.2, 0) is 6.54 Å². The molecule has 3 aromatic carbocycles. The number of methoxy groups -OCH3 is 2. The molecule has 0 fully saturated rings. The van der Waals surface area contributed by atoms with Crippen LogP contribution in [-0.4, -0.2) is 30.0 Å². The van der Waals surface area contributed by atoms with Gasteiger partial charge in [0.2, 0.25) is 0 Å². The van der Waals surface area contributed by atoms with Crippen molar-refractivity contribution in [2.75, 3.05) is 14.2 Å². The van der Waals surface area contributed by atoms with Crippen molar-refractivity contribution in [1.82, 2.24) is 9.88 Å². The molecular formula is C30H26N2O4. The smallest absolute Gasteiger partial charge is 0.255 e. The molecule has 1 atom stereocenters. The Hall–Kier alpha value is -4.45. The van der Waals surface area contributed by atoms with Gasteiger partial charge in [-0.3, -0.25) is 4.79 Å². The Morgan fingerprint density at radius 3 is 2.50 bits per heavy atom. The van der Waals surface area contributed by atoms with Crippen LogP contribution in [0.3, 0.4) is 0 Å². The number of para-hydroxylation sites is 1. The van der Waals surface area contributed by atoms with Crippen molar-refractivity contribution >= 4 is 16.8 Å². The Labute approximate surface area is 209 Å². The summed E-state index contributed by atoms with van der Waals surface area (Å²) in [5, 5.41) is 1.05. The average Bonchev–Trinajstić information content (AvgIpc) is 3.58. The molecule has 180 valence electrons. The SMILES string of the molecule is COc1ccc(OC)c(-c2[nH]c3ccccc3c2[C@@H]2c3ccccc3C(=O)N2Cc2ccc(C)o2)c1. The molecule has 5 aromatic rings. The molecule has 0 saturated heterocycles. The maximum Gasteiger partial charge on any atom is 0.255 e. The van der Waals surface area contributed by atoms with E-state index in [2.05, 4.69) is 17.1 Å². The van der Waals surface area contributed by atoms with E-state index in [1.807, 2.05) is 78.6 Å². The maximum atomic E-state index is 13.8. The molecule has 1 N–H and O–H groups in total. The molecule has 0 spiro atoms. The standard InChI is InChI=1S/C30H26N2O4/c1-18-12-13-20(36-18)17-32-29(21-8-4-5-9-22(21)30(32)33)27-23-10-6-7-11-25(23)31-28(27)24-16-19(34-2)14-15-26(24)35-3/h4-16,29,31H,17H2,1-3H3/t29-/m0/s1. The number of nitrogens with one attached hydrogen (secondary N) is 1. The Balaban J connectivity index is 1.62. The van der Waals surface area contributed by atoms with Gasteiger partial charge in [-0.1, -0.05) is 36.4 Å². The van der Waals surface area contributed by atoms with E-state index in [4.69, 9.17) is 13.9 Å². The number of furan rings is 1. The molecule has 1 aliphatic heterocycles. The summed E-state index contributed by atoms with van der Waals surface area (Å²) in [5.74, 6) is 2.99. The third-order valence-electron chi connectivity index (χ3n) is 6.88. The lowest BCUT2D eigenvalue weighted by molar-refractivity contribution is 0.0723. The number of rotatable bonds is 6. The van der Waals surface area contributed by atoms with E-state index in [0.29, 0.717) is 12.1 Å². The first-order valence-electron chi connectivity index (χ1n) is 11.9. The van der Waals surface area contributed by atoms with Crippen molar-refractivity contribution < 1.29 is 18.7 Å². The Kier molecular flexibility index (Phi) is 5.29. The number of carbonyl (C=O) groups is 1. The van der Waals surface area contributed by atoms with Crippen LogP contribution in [0.2, 0.25) is 0 Å². The van der Waals surface area contributed by atoms with Crippen molar-refractivity contribution in [3.05, 3.63) is 107 Å². The lowest BCUT2D eigenvalue weighted by Crippen LogP contribution is -2.28. The number of benzene rings is 3. The Bertz CT molecular complexity index is 1600. The van der Waals surface area contributed by atoms with Gasteiger partial charge in [0, 0.05) is 27.6 Å². The summed E-state index contributed by atoms with van der Waals surface area (Å²) in [7, 11) is 3.31. The minimum Gasteiger partial charge on any atom is -0.497 e. The van der Waals surface area contributed by atoms with Crippen LogP contribution in [0.5, 0.6) is 11.5 Å². The number of H-pyrrole nitrogens is 1. The van der Waals surface area contributed by atoms with Crippen LogP contribution in [0.25, 0.3) is 22.2 Å². The van der Waals surface area contributed by atoms with E-state index in [1.165, 1.54) is 0 Å². The molecule has 6 nitrogen and oxygen atoms in total. The molecule has 0 radical (unpaired) electrons. The molecule has 0 unspecified atom stereocenters. The predicted octanol–water partition coefficient (Wildman–Crippen LogP) is 6.50. The van der Waals surface area contributed by atoms with Gasteiger partial charge in [0.25, 0.3) is 5.91 Å². The fourth-order valence-electron chi connectivity index (χ4n) is 5.25. The summed E-state index contributed by atoms with van der Waals surface area (Å²) in [5.41, 5.74) is 5.44. The normalized spacial score (nSPS) is 14.9. The van der Waals surface area contributed by atoms with Crippen molar-refractivity contribution in [1.29, 1.82) is 0 Å². The molecule has 6 heteroatoms. The van der Waals surface area contributed by atoms with Crippen molar-refractivity contribution in [3.8, 4) is 22.8 Å². The zero-order valence-corrected chi connectivity index (χ0v) is 20.4. The van der Waals surface area contributed by atoms with Crippen LogP contribution in [0, 0.1) is 6.92 Å². The Morgan fingerprint density at radius 1 is 0.917 bits per heavy atom. The molecule has 0 aliphatic carbocycles. The van der Waals surface area contributed by atoms with Crippen LogP contribution < -0.4 is 9.47 Å². The second-order valence-corrected chi connectivity index (χ2v) is 8.96. The van der Waals surface area contributed by atoms with Gasteiger partial charge in [0.05, 0.1) is 32.5 Å². The monoisotopic (exact) mass is 478 g/mol. The van der Waals surface area contributed by atoms with Crippen LogP contribution in [0.4, 0.5) is 0 Å². The summed E-state index contributed by atoms with van der Waals surface area (Å²) in [4.78, 5) is 19.3. The third kappa shape index (κ3) is 3.45. The fraction of sp³-hybridized carbons (Fsp3) is 0.167. The van der Waals surface area contributed by atoms with E-state index in [0.717, 1.165) is 56.3 Å². The zero-order chi connectivity index (χ0) is 24.8. The minimum absolute atomic E-state index is 0.0153. The van der Waals surface area contributed by atoms with Crippen molar-refractivity contribution in [3.63, 3.8) is 0 Å². The first-order valence-corrected chi connectivity index (χ1v) is 11.9. The number of hydrogen-bond acceptors (Lipinski definition) is 4. The number of nitrogens with zero attached hydrogens (tertiary/aromatic N) is 1. The maximum absolute atomic E-state index is 13.8. The van der Waals surface area contributed by atoms with Crippen molar-refractivity contribution in [2.24, 2.45) is 0 Å². The fourth-order valence-corrected chi connectivity index (χ4v) is 5.25. The summed E-state index contributed by atoms with van der Waals surface area (Å²) in [6.45, 7) is 2.27. The highest BCUT2D eigenvalue weighted by molar-refractivity contribution is 6.02. The number of hydrogen-bond donors (Lipinski definition) is 1. The Morgan fingerprint density at radius 2 is 1.72 bits per heavy atom. The number of aromatic amines is 1. The number of ether oxygens (including phenoxy) is 2. The number of amides is 1.